The van der Waals surface area contributed by atoms with Crippen LogP contribution in [0.25, 0.3) is 10.9 Å². The lowest BCUT2D eigenvalue weighted by molar-refractivity contribution is 0.262. The number of halogens is 2. The molecule has 1 aliphatic carbocycles. The predicted octanol–water partition coefficient (Wildman–Crippen LogP) is 6.50. The fraction of sp³-hybridized carbons (Fsp3) is 0.321. The van der Waals surface area contributed by atoms with Crippen molar-refractivity contribution in [1.29, 1.82) is 0 Å². The summed E-state index contributed by atoms with van der Waals surface area (Å²) >= 11 is 0. The van der Waals surface area contributed by atoms with Crippen molar-refractivity contribution in [3.63, 3.8) is 0 Å². The molecule has 0 bridgehead atoms. The fourth-order valence-corrected chi connectivity index (χ4v) is 4.81. The van der Waals surface area contributed by atoms with Crippen LogP contribution >= 0.6 is 12.4 Å². The number of aryl methyl sites for hydroxylation is 1. The summed E-state index contributed by atoms with van der Waals surface area (Å²) in [6.45, 7) is 4.40. The van der Waals surface area contributed by atoms with Crippen LogP contribution in [0, 0.1) is 11.2 Å². The van der Waals surface area contributed by atoms with E-state index >= 15 is 0 Å². The molecule has 0 saturated heterocycles. The van der Waals surface area contributed by atoms with E-state index in [2.05, 4.69) is 34.6 Å². The number of urea groups is 1. The summed E-state index contributed by atoms with van der Waals surface area (Å²) in [5.41, 5.74) is 2.93. The second-order valence-corrected chi connectivity index (χ2v) is 10.1. The zero-order valence-electron chi connectivity index (χ0n) is 22.4. The quantitative estimate of drug-likeness (QED) is 0.282. The van der Waals surface area contributed by atoms with Crippen molar-refractivity contribution in [2.75, 3.05) is 24.9 Å². The molecule has 0 saturated carbocycles. The first-order chi connectivity index (χ1) is 18.2. The second-order valence-electron chi connectivity index (χ2n) is 10.1. The molecule has 0 radical (unpaired) electrons. The molecule has 0 atom stereocenters. The Morgan fingerprint density at radius 2 is 1.79 bits per heavy atom. The largest absolute Gasteiger partial charge is 0.493 e. The zero-order valence-corrected chi connectivity index (χ0v) is 23.2. The Hall–Kier alpha value is -4.05. The maximum atomic E-state index is 15.0. The molecule has 206 valence electrons. The molecule has 2 amide bonds. The van der Waals surface area contributed by atoms with Crippen molar-refractivity contribution >= 4 is 40.8 Å². The zero-order chi connectivity index (χ0) is 27.0. The van der Waals surface area contributed by atoms with Gasteiger partial charge in [-0.25, -0.2) is 9.18 Å². The number of carbonyl (C=O) groups excluding carboxylic acids is 1. The molecular formula is C28H31ClFN5O4. The monoisotopic (exact) mass is 555 g/mol. The van der Waals surface area contributed by atoms with E-state index in [1.807, 2.05) is 7.05 Å². The minimum atomic E-state index is -0.639. The Labute approximate surface area is 232 Å². The number of fused-ring (bicyclic) bond motifs is 2. The van der Waals surface area contributed by atoms with Gasteiger partial charge < -0.3 is 19.5 Å². The van der Waals surface area contributed by atoms with Gasteiger partial charge in [-0.2, -0.15) is 5.10 Å². The third-order valence-electron chi connectivity index (χ3n) is 6.82. The molecule has 4 aromatic rings. The van der Waals surface area contributed by atoms with Crippen LogP contribution in [0.15, 0.2) is 42.6 Å². The van der Waals surface area contributed by atoms with Gasteiger partial charge in [0.05, 0.1) is 25.4 Å². The van der Waals surface area contributed by atoms with Crippen molar-refractivity contribution in [3.05, 3.63) is 59.7 Å². The van der Waals surface area contributed by atoms with E-state index in [0.29, 0.717) is 34.0 Å². The van der Waals surface area contributed by atoms with E-state index in [-0.39, 0.29) is 29.3 Å². The fourth-order valence-electron chi connectivity index (χ4n) is 4.81. The lowest BCUT2D eigenvalue weighted by atomic mass is 9.76. The number of aromatic nitrogens is 3. The minimum Gasteiger partial charge on any atom is -0.493 e. The molecule has 0 unspecified atom stereocenters. The number of carbonyl (C=O) groups is 1. The van der Waals surface area contributed by atoms with Crippen LogP contribution in [0.3, 0.4) is 0 Å². The first-order valence-electron chi connectivity index (χ1n) is 12.3. The van der Waals surface area contributed by atoms with E-state index in [1.165, 1.54) is 12.1 Å². The molecular weight excluding hydrogens is 525 g/mol. The summed E-state index contributed by atoms with van der Waals surface area (Å²) < 4.78 is 33.5. The molecule has 2 aromatic carbocycles. The number of hydrogen-bond acceptors (Lipinski definition) is 6. The maximum absolute atomic E-state index is 15.0. The van der Waals surface area contributed by atoms with E-state index in [0.717, 1.165) is 30.5 Å². The molecule has 1 aliphatic rings. The first kappa shape index (κ1) is 28.0. The molecule has 0 spiro atoms. The van der Waals surface area contributed by atoms with Crippen molar-refractivity contribution in [3.8, 4) is 23.0 Å². The van der Waals surface area contributed by atoms with E-state index in [4.69, 9.17) is 14.2 Å². The van der Waals surface area contributed by atoms with Crippen LogP contribution in [0.2, 0.25) is 0 Å². The lowest BCUT2D eigenvalue weighted by Crippen LogP contribution is -2.25. The van der Waals surface area contributed by atoms with E-state index < -0.39 is 11.8 Å². The van der Waals surface area contributed by atoms with Crippen molar-refractivity contribution < 1.29 is 23.4 Å². The Morgan fingerprint density at radius 3 is 2.51 bits per heavy atom. The van der Waals surface area contributed by atoms with Crippen LogP contribution < -0.4 is 24.8 Å². The highest BCUT2D eigenvalue weighted by Crippen LogP contribution is 2.39. The summed E-state index contributed by atoms with van der Waals surface area (Å²) in [5.74, 6) is 1.66. The lowest BCUT2D eigenvalue weighted by Gasteiger charge is -2.29. The van der Waals surface area contributed by atoms with Gasteiger partial charge in [-0.3, -0.25) is 15.0 Å². The SMILES string of the molecule is COc1cc2nccc(Oc3ccc(NC(=O)Nc4nn(C)c5c4CC(C)(C)CC5)c(F)c3)c2cc1OC.Cl. The summed E-state index contributed by atoms with van der Waals surface area (Å²) in [4.78, 5) is 17.1. The highest BCUT2D eigenvalue weighted by Gasteiger charge is 2.31. The van der Waals surface area contributed by atoms with Gasteiger partial charge in [0.2, 0.25) is 0 Å². The Kier molecular flexibility index (Phi) is 7.87. The van der Waals surface area contributed by atoms with E-state index in [9.17, 15) is 9.18 Å². The minimum absolute atomic E-state index is 0. The highest BCUT2D eigenvalue weighted by molar-refractivity contribution is 5.99. The normalized spacial score (nSPS) is 13.7. The van der Waals surface area contributed by atoms with Crippen LogP contribution in [-0.2, 0) is 19.9 Å². The van der Waals surface area contributed by atoms with Gasteiger partial charge in [-0.1, -0.05) is 13.8 Å². The molecule has 2 heterocycles. The number of nitrogens with one attached hydrogen (secondary N) is 2. The number of hydrogen-bond donors (Lipinski definition) is 2. The van der Waals surface area contributed by atoms with Gasteiger partial charge in [-0.15, -0.1) is 12.4 Å². The van der Waals surface area contributed by atoms with Gasteiger partial charge in [0, 0.05) is 42.0 Å². The third kappa shape index (κ3) is 5.70. The number of rotatable bonds is 6. The van der Waals surface area contributed by atoms with Crippen LogP contribution in [-0.4, -0.2) is 35.0 Å². The summed E-state index contributed by atoms with van der Waals surface area (Å²) in [6.07, 6.45) is 4.37. The van der Waals surface area contributed by atoms with Gasteiger partial charge in [-0.05, 0) is 48.9 Å². The second kappa shape index (κ2) is 11.0. The van der Waals surface area contributed by atoms with Crippen molar-refractivity contribution in [2.45, 2.75) is 33.1 Å². The molecule has 11 heteroatoms. The topological polar surface area (TPSA) is 99.5 Å². The molecule has 9 nitrogen and oxygen atoms in total. The van der Waals surface area contributed by atoms with Crippen LogP contribution in [0.5, 0.6) is 23.0 Å². The molecule has 2 N–H and O–H groups in total. The number of pyridine rings is 1. The molecule has 0 aliphatic heterocycles. The Balaban J connectivity index is 0.00000353. The van der Waals surface area contributed by atoms with Gasteiger partial charge in [0.1, 0.15) is 17.3 Å². The van der Waals surface area contributed by atoms with Crippen molar-refractivity contribution in [1.82, 2.24) is 14.8 Å². The van der Waals surface area contributed by atoms with Gasteiger partial charge in [0.25, 0.3) is 0 Å². The standard InChI is InChI=1S/C28H30FN5O4.ClH/c1-28(2)10-8-22-18(15-28)26(33-34(22)3)32-27(35)31-20-7-6-16(12-19(20)29)38-23-9-11-30-21-14-25(37-5)24(36-4)13-17(21)23;/h6-7,9,11-14H,8,10,15H2,1-5H3,(H2,31,32,33,35);1H. The highest BCUT2D eigenvalue weighted by atomic mass is 35.5. The van der Waals surface area contributed by atoms with Gasteiger partial charge in [0.15, 0.2) is 17.3 Å². The Bertz CT molecular complexity index is 1540. The Morgan fingerprint density at radius 1 is 1.05 bits per heavy atom. The van der Waals surface area contributed by atoms with Crippen molar-refractivity contribution in [2.24, 2.45) is 12.5 Å². The number of benzene rings is 2. The summed E-state index contributed by atoms with van der Waals surface area (Å²) in [6, 6.07) is 8.86. The smallest absolute Gasteiger partial charge is 0.324 e. The molecule has 39 heavy (non-hydrogen) atoms. The number of ether oxygens (including phenoxy) is 3. The van der Waals surface area contributed by atoms with Crippen LogP contribution in [0.1, 0.15) is 31.5 Å². The molecule has 5 rings (SSSR count). The molecule has 2 aromatic heterocycles. The van der Waals surface area contributed by atoms with E-state index in [1.54, 1.807) is 49.4 Å². The van der Waals surface area contributed by atoms with Gasteiger partial charge >= 0.3 is 6.03 Å². The third-order valence-corrected chi connectivity index (χ3v) is 6.82. The summed E-state index contributed by atoms with van der Waals surface area (Å²) in [5, 5.41) is 10.5. The van der Waals surface area contributed by atoms with Crippen LogP contribution in [0.4, 0.5) is 20.7 Å². The number of methoxy groups -OCH3 is 2. The summed E-state index contributed by atoms with van der Waals surface area (Å²) in [7, 11) is 4.96. The number of anilines is 2. The average Bonchev–Trinajstić information content (AvgIpc) is 3.17. The number of nitrogens with zero attached hydrogens (tertiary/aromatic N) is 3. The number of amides is 2. The average molecular weight is 556 g/mol. The first-order valence-corrected chi connectivity index (χ1v) is 12.3. The maximum Gasteiger partial charge on any atom is 0.324 e. The molecule has 0 fully saturated rings. The predicted molar refractivity (Wildman–Crippen MR) is 150 cm³/mol.